The standard InChI is InChI=1S/C20H29N5O11S/c21-37(35,36)15-4-2-1-3-14(15)22-16(26)9-23(5-7-24(10-17(27)28)11-18(29)30)6-8-25(12-19(31)32)13-20(33)34/h1-4H,5-13H2,(H,22,26)(H,27,28)(H,29,30)(H,31,32)(H,33,34)(H2,21,35,36). The second-order valence-corrected chi connectivity index (χ2v) is 9.39. The summed E-state index contributed by atoms with van der Waals surface area (Å²) in [6, 6.07) is 5.37. The highest BCUT2D eigenvalue weighted by Gasteiger charge is 2.21. The van der Waals surface area contributed by atoms with Crippen LogP contribution < -0.4 is 10.5 Å². The van der Waals surface area contributed by atoms with Gasteiger partial charge < -0.3 is 25.7 Å². The molecule has 1 aromatic rings. The van der Waals surface area contributed by atoms with Crippen LogP contribution in [0.3, 0.4) is 0 Å². The maximum atomic E-state index is 12.7. The predicted octanol–water partition coefficient (Wildman–Crippen LogP) is -2.48. The minimum atomic E-state index is -4.16. The zero-order valence-electron chi connectivity index (χ0n) is 19.6. The van der Waals surface area contributed by atoms with Gasteiger partial charge in [0.05, 0.1) is 38.4 Å². The average molecular weight is 548 g/mol. The van der Waals surface area contributed by atoms with Crippen molar-refractivity contribution in [3.63, 3.8) is 0 Å². The molecule has 0 heterocycles. The van der Waals surface area contributed by atoms with Crippen LogP contribution in [0.2, 0.25) is 0 Å². The largest absolute Gasteiger partial charge is 0.480 e. The van der Waals surface area contributed by atoms with Gasteiger partial charge in [-0.05, 0) is 12.1 Å². The Balaban J connectivity index is 3.04. The Kier molecular flexibility index (Phi) is 12.6. The number of carboxylic acids is 4. The van der Waals surface area contributed by atoms with Crippen LogP contribution in [0.25, 0.3) is 0 Å². The van der Waals surface area contributed by atoms with E-state index in [9.17, 15) is 32.4 Å². The van der Waals surface area contributed by atoms with Crippen LogP contribution in [0.5, 0.6) is 0 Å². The molecule has 0 unspecified atom stereocenters. The van der Waals surface area contributed by atoms with Crippen LogP contribution in [0.1, 0.15) is 0 Å². The van der Waals surface area contributed by atoms with Gasteiger partial charge in [0.25, 0.3) is 0 Å². The van der Waals surface area contributed by atoms with E-state index < -0.39 is 72.5 Å². The maximum absolute atomic E-state index is 12.7. The Morgan fingerprint density at radius 3 is 1.43 bits per heavy atom. The Labute approximate surface area is 211 Å². The molecule has 0 saturated heterocycles. The molecule has 0 atom stereocenters. The fourth-order valence-corrected chi connectivity index (χ4v) is 3.93. The number of primary sulfonamides is 1. The lowest BCUT2D eigenvalue weighted by atomic mass is 10.3. The van der Waals surface area contributed by atoms with Crippen molar-refractivity contribution in [2.75, 3.05) is 64.2 Å². The molecule has 0 saturated carbocycles. The first-order valence-corrected chi connectivity index (χ1v) is 12.2. The Morgan fingerprint density at radius 2 is 1.05 bits per heavy atom. The van der Waals surface area contributed by atoms with E-state index in [0.29, 0.717) is 0 Å². The molecule has 16 nitrogen and oxygen atoms in total. The third-order valence-corrected chi connectivity index (χ3v) is 5.70. The third kappa shape index (κ3) is 13.3. The fraction of sp³-hybridized carbons (Fsp3) is 0.450. The van der Waals surface area contributed by atoms with E-state index in [1.807, 2.05) is 0 Å². The highest BCUT2D eigenvalue weighted by molar-refractivity contribution is 7.89. The SMILES string of the molecule is NS(=O)(=O)c1ccccc1NC(=O)CN(CCN(CC(=O)O)CC(=O)O)CCN(CC(=O)O)CC(=O)O. The number of aliphatic carboxylic acids is 4. The number of benzene rings is 1. The number of nitrogens with two attached hydrogens (primary N) is 1. The minimum absolute atomic E-state index is 0.0567. The van der Waals surface area contributed by atoms with Gasteiger partial charge in [0.15, 0.2) is 0 Å². The van der Waals surface area contributed by atoms with E-state index >= 15 is 0 Å². The third-order valence-electron chi connectivity index (χ3n) is 4.74. The number of carbonyl (C=O) groups excluding carboxylic acids is 1. The van der Waals surface area contributed by atoms with Crippen LogP contribution in [0.15, 0.2) is 29.2 Å². The Hall–Kier alpha value is -3.64. The summed E-state index contributed by atoms with van der Waals surface area (Å²) in [4.78, 5) is 60.2. The predicted molar refractivity (Wildman–Crippen MR) is 126 cm³/mol. The molecule has 0 aromatic heterocycles. The van der Waals surface area contributed by atoms with Crippen LogP contribution in [0, 0.1) is 0 Å². The maximum Gasteiger partial charge on any atom is 0.317 e. The summed E-state index contributed by atoms with van der Waals surface area (Å²) < 4.78 is 23.6. The summed E-state index contributed by atoms with van der Waals surface area (Å²) in [5.41, 5.74) is -0.0910. The molecule has 0 fully saturated rings. The van der Waals surface area contributed by atoms with E-state index in [2.05, 4.69) is 5.32 Å². The monoisotopic (exact) mass is 547 g/mol. The van der Waals surface area contributed by atoms with Crippen molar-refractivity contribution in [2.24, 2.45) is 5.14 Å². The van der Waals surface area contributed by atoms with E-state index in [4.69, 9.17) is 25.6 Å². The Morgan fingerprint density at radius 1 is 0.676 bits per heavy atom. The number of anilines is 1. The lowest BCUT2D eigenvalue weighted by molar-refractivity contribution is -0.143. The molecular weight excluding hydrogens is 518 g/mol. The van der Waals surface area contributed by atoms with Gasteiger partial charge in [-0.2, -0.15) is 0 Å². The lowest BCUT2D eigenvalue weighted by Gasteiger charge is -2.28. The Bertz CT molecular complexity index is 1020. The number of carboxylic acid groups (broad SMARTS) is 4. The number of nitrogens with zero attached hydrogens (tertiary/aromatic N) is 3. The van der Waals surface area contributed by atoms with Gasteiger partial charge in [-0.25, -0.2) is 13.6 Å². The molecule has 0 bridgehead atoms. The topological polar surface area (TPSA) is 248 Å². The summed E-state index contributed by atoms with van der Waals surface area (Å²) in [6.07, 6.45) is 0. The van der Waals surface area contributed by atoms with Crippen molar-refractivity contribution in [1.82, 2.24) is 14.7 Å². The molecule has 206 valence electrons. The molecular formula is C20H29N5O11S. The average Bonchev–Trinajstić information content (AvgIpc) is 2.73. The summed E-state index contributed by atoms with van der Waals surface area (Å²) in [5, 5.41) is 43.6. The number of hydrogen-bond acceptors (Lipinski definition) is 10. The van der Waals surface area contributed by atoms with Crippen molar-refractivity contribution < 1.29 is 52.8 Å². The van der Waals surface area contributed by atoms with Crippen molar-refractivity contribution in [3.05, 3.63) is 24.3 Å². The first kappa shape index (κ1) is 31.4. The van der Waals surface area contributed by atoms with E-state index in [0.717, 1.165) is 9.80 Å². The normalized spacial score (nSPS) is 11.6. The van der Waals surface area contributed by atoms with Gasteiger partial charge >= 0.3 is 23.9 Å². The van der Waals surface area contributed by atoms with E-state index in [1.165, 1.54) is 29.2 Å². The number of carbonyl (C=O) groups is 5. The van der Waals surface area contributed by atoms with Crippen molar-refractivity contribution >= 4 is 45.5 Å². The highest BCUT2D eigenvalue weighted by Crippen LogP contribution is 2.19. The van der Waals surface area contributed by atoms with Gasteiger partial charge in [-0.3, -0.25) is 38.7 Å². The van der Waals surface area contributed by atoms with Crippen LogP contribution in [-0.4, -0.2) is 132 Å². The second-order valence-electron chi connectivity index (χ2n) is 7.86. The molecule has 0 radical (unpaired) electrons. The van der Waals surface area contributed by atoms with Crippen molar-refractivity contribution in [1.29, 1.82) is 0 Å². The fourth-order valence-electron chi connectivity index (χ4n) is 3.24. The summed E-state index contributed by atoms with van der Waals surface area (Å²) in [6.45, 7) is -3.14. The molecule has 0 spiro atoms. The number of amides is 1. The van der Waals surface area contributed by atoms with Gasteiger partial charge in [0.2, 0.25) is 15.9 Å². The van der Waals surface area contributed by atoms with Gasteiger partial charge in [0.1, 0.15) is 4.90 Å². The van der Waals surface area contributed by atoms with E-state index in [1.54, 1.807) is 0 Å². The lowest BCUT2D eigenvalue weighted by Crippen LogP contribution is -2.46. The van der Waals surface area contributed by atoms with Crippen LogP contribution >= 0.6 is 0 Å². The number of nitrogens with one attached hydrogen (secondary N) is 1. The zero-order valence-corrected chi connectivity index (χ0v) is 20.5. The number of sulfonamides is 1. The van der Waals surface area contributed by atoms with Crippen LogP contribution in [0.4, 0.5) is 5.69 Å². The van der Waals surface area contributed by atoms with E-state index in [-0.39, 0.29) is 36.8 Å². The number of rotatable bonds is 18. The van der Waals surface area contributed by atoms with Crippen molar-refractivity contribution in [2.45, 2.75) is 4.90 Å². The van der Waals surface area contributed by atoms with Gasteiger partial charge in [-0.1, -0.05) is 12.1 Å². The minimum Gasteiger partial charge on any atom is -0.480 e. The number of para-hydroxylation sites is 1. The molecule has 1 amide bonds. The first-order chi connectivity index (χ1) is 17.2. The molecule has 0 aliphatic rings. The van der Waals surface area contributed by atoms with Crippen molar-refractivity contribution in [3.8, 4) is 0 Å². The quantitative estimate of drug-likeness (QED) is 0.111. The molecule has 1 aromatic carbocycles. The molecule has 37 heavy (non-hydrogen) atoms. The summed E-state index contributed by atoms with van der Waals surface area (Å²) in [7, 11) is -4.16. The summed E-state index contributed by atoms with van der Waals surface area (Å²) >= 11 is 0. The number of hydrogen-bond donors (Lipinski definition) is 6. The zero-order chi connectivity index (χ0) is 28.2. The molecule has 0 aliphatic carbocycles. The van der Waals surface area contributed by atoms with Crippen LogP contribution in [-0.2, 0) is 34.0 Å². The molecule has 1 rings (SSSR count). The highest BCUT2D eigenvalue weighted by atomic mass is 32.2. The first-order valence-electron chi connectivity index (χ1n) is 10.6. The van der Waals surface area contributed by atoms with Gasteiger partial charge in [-0.15, -0.1) is 0 Å². The molecule has 17 heteroatoms. The van der Waals surface area contributed by atoms with Gasteiger partial charge in [0, 0.05) is 26.2 Å². The molecule has 0 aliphatic heterocycles. The summed E-state index contributed by atoms with van der Waals surface area (Å²) in [5.74, 6) is -5.82. The molecule has 7 N–H and O–H groups in total. The smallest absolute Gasteiger partial charge is 0.317 e. The second kappa shape index (κ2) is 14.8.